The molecule has 20 heavy (non-hydrogen) atoms. The van der Waals surface area contributed by atoms with Gasteiger partial charge in [0.1, 0.15) is 0 Å². The molecule has 2 aromatic rings. The van der Waals surface area contributed by atoms with Crippen LogP contribution in [0.15, 0.2) is 42.5 Å². The van der Waals surface area contributed by atoms with Crippen LogP contribution in [0, 0.1) is 5.82 Å². The molecule has 0 radical (unpaired) electrons. The fraction of sp³-hybridized carbons (Fsp3) is 0.294. The van der Waals surface area contributed by atoms with E-state index < -0.39 is 0 Å². The highest BCUT2D eigenvalue weighted by Crippen LogP contribution is 2.20. The van der Waals surface area contributed by atoms with Crippen LogP contribution < -0.4 is 10.1 Å². The second-order valence-corrected chi connectivity index (χ2v) is 4.73. The van der Waals surface area contributed by atoms with Crippen molar-refractivity contribution in [2.24, 2.45) is 0 Å². The van der Waals surface area contributed by atoms with E-state index in [1.54, 1.807) is 6.07 Å². The lowest BCUT2D eigenvalue weighted by Gasteiger charge is -2.12. The first kappa shape index (κ1) is 14.4. The summed E-state index contributed by atoms with van der Waals surface area (Å²) in [7, 11) is 1.47. The number of methoxy groups -OCH3 is 1. The molecule has 2 aromatic carbocycles. The standard InChI is InChI=1S/C17H20FNO/c1-3-6-14-7-4-5-8-16(14)19-12-13-9-10-17(20-2)15(18)11-13/h4-5,7-11,19H,3,6,12H2,1-2H3. The maximum Gasteiger partial charge on any atom is 0.165 e. The summed E-state index contributed by atoms with van der Waals surface area (Å²) < 4.78 is 18.5. The second kappa shape index (κ2) is 6.94. The monoisotopic (exact) mass is 273 g/mol. The molecule has 0 aliphatic carbocycles. The Bertz CT molecular complexity index is 569. The molecular weight excluding hydrogens is 253 g/mol. The number of nitrogens with one attached hydrogen (secondary N) is 1. The minimum Gasteiger partial charge on any atom is -0.494 e. The van der Waals surface area contributed by atoms with Crippen LogP contribution in [0.2, 0.25) is 0 Å². The Morgan fingerprint density at radius 1 is 1.15 bits per heavy atom. The molecule has 0 unspecified atom stereocenters. The zero-order valence-electron chi connectivity index (χ0n) is 11.9. The smallest absolute Gasteiger partial charge is 0.165 e. The summed E-state index contributed by atoms with van der Waals surface area (Å²) in [6.07, 6.45) is 2.15. The molecule has 0 saturated heterocycles. The van der Waals surface area contributed by atoms with E-state index in [4.69, 9.17) is 4.74 Å². The lowest BCUT2D eigenvalue weighted by Crippen LogP contribution is -2.03. The molecule has 0 saturated carbocycles. The van der Waals surface area contributed by atoms with Gasteiger partial charge in [-0.2, -0.15) is 0 Å². The molecule has 2 rings (SSSR count). The Hall–Kier alpha value is -2.03. The van der Waals surface area contributed by atoms with Gasteiger partial charge in [0.2, 0.25) is 0 Å². The minimum atomic E-state index is -0.325. The van der Waals surface area contributed by atoms with Crippen LogP contribution in [0.3, 0.4) is 0 Å². The highest BCUT2D eigenvalue weighted by molar-refractivity contribution is 5.51. The Morgan fingerprint density at radius 3 is 2.65 bits per heavy atom. The summed E-state index contributed by atoms with van der Waals surface area (Å²) in [6.45, 7) is 2.76. The average molecular weight is 273 g/mol. The number of ether oxygens (including phenoxy) is 1. The van der Waals surface area contributed by atoms with E-state index in [9.17, 15) is 4.39 Å². The molecule has 3 heteroatoms. The summed E-state index contributed by atoms with van der Waals surface area (Å²) in [4.78, 5) is 0. The van der Waals surface area contributed by atoms with Gasteiger partial charge in [0.05, 0.1) is 7.11 Å². The second-order valence-electron chi connectivity index (χ2n) is 4.73. The van der Waals surface area contributed by atoms with E-state index in [0.29, 0.717) is 6.54 Å². The van der Waals surface area contributed by atoms with Crippen LogP contribution in [0.25, 0.3) is 0 Å². The van der Waals surface area contributed by atoms with Crippen LogP contribution >= 0.6 is 0 Å². The van der Waals surface area contributed by atoms with Gasteiger partial charge in [0, 0.05) is 12.2 Å². The van der Waals surface area contributed by atoms with Gasteiger partial charge in [0.15, 0.2) is 11.6 Å². The summed E-state index contributed by atoms with van der Waals surface area (Å²) in [6, 6.07) is 13.3. The average Bonchev–Trinajstić information content (AvgIpc) is 2.47. The molecule has 0 atom stereocenters. The molecule has 0 aromatic heterocycles. The van der Waals surface area contributed by atoms with E-state index in [2.05, 4.69) is 24.4 Å². The van der Waals surface area contributed by atoms with Gasteiger partial charge in [0.25, 0.3) is 0 Å². The van der Waals surface area contributed by atoms with Crippen molar-refractivity contribution in [1.82, 2.24) is 0 Å². The Labute approximate surface area is 119 Å². The van der Waals surface area contributed by atoms with Crippen LogP contribution in [-0.4, -0.2) is 7.11 Å². The van der Waals surface area contributed by atoms with Crippen molar-refractivity contribution in [2.45, 2.75) is 26.3 Å². The van der Waals surface area contributed by atoms with Crippen molar-refractivity contribution in [3.05, 3.63) is 59.4 Å². The number of hydrogen-bond acceptors (Lipinski definition) is 2. The van der Waals surface area contributed by atoms with Gasteiger partial charge >= 0.3 is 0 Å². The molecular formula is C17H20FNO. The summed E-state index contributed by atoms with van der Waals surface area (Å²) in [5, 5.41) is 3.37. The predicted molar refractivity (Wildman–Crippen MR) is 80.7 cm³/mol. The van der Waals surface area contributed by atoms with E-state index in [1.807, 2.05) is 18.2 Å². The predicted octanol–water partition coefficient (Wildman–Crippen LogP) is 4.40. The lowest BCUT2D eigenvalue weighted by molar-refractivity contribution is 0.386. The molecule has 0 amide bonds. The molecule has 0 aliphatic heterocycles. The van der Waals surface area contributed by atoms with Crippen LogP contribution in [0.5, 0.6) is 5.75 Å². The van der Waals surface area contributed by atoms with E-state index in [1.165, 1.54) is 18.7 Å². The van der Waals surface area contributed by atoms with Gasteiger partial charge < -0.3 is 10.1 Å². The Morgan fingerprint density at radius 2 is 1.95 bits per heavy atom. The SMILES string of the molecule is CCCc1ccccc1NCc1ccc(OC)c(F)c1. The number of hydrogen-bond donors (Lipinski definition) is 1. The third kappa shape index (κ3) is 3.50. The number of aryl methyl sites for hydroxylation is 1. The molecule has 0 spiro atoms. The first-order valence-corrected chi connectivity index (χ1v) is 6.88. The van der Waals surface area contributed by atoms with Crippen LogP contribution in [0.1, 0.15) is 24.5 Å². The fourth-order valence-electron chi connectivity index (χ4n) is 2.20. The van der Waals surface area contributed by atoms with E-state index in [0.717, 1.165) is 24.1 Å². The largest absolute Gasteiger partial charge is 0.494 e. The van der Waals surface area contributed by atoms with Crippen molar-refractivity contribution < 1.29 is 9.13 Å². The Balaban J connectivity index is 2.07. The summed E-state index contributed by atoms with van der Waals surface area (Å²) in [5.74, 6) is -0.0474. The molecule has 2 nitrogen and oxygen atoms in total. The van der Waals surface area contributed by atoms with E-state index in [-0.39, 0.29) is 11.6 Å². The van der Waals surface area contributed by atoms with Crippen molar-refractivity contribution in [2.75, 3.05) is 12.4 Å². The number of halogens is 1. The normalized spacial score (nSPS) is 10.3. The first-order valence-electron chi connectivity index (χ1n) is 6.88. The molecule has 0 bridgehead atoms. The van der Waals surface area contributed by atoms with Crippen molar-refractivity contribution in [1.29, 1.82) is 0 Å². The zero-order valence-corrected chi connectivity index (χ0v) is 11.9. The maximum absolute atomic E-state index is 13.6. The highest BCUT2D eigenvalue weighted by Gasteiger charge is 2.04. The number of anilines is 1. The zero-order chi connectivity index (χ0) is 14.4. The van der Waals surface area contributed by atoms with Gasteiger partial charge in [-0.05, 0) is 35.7 Å². The summed E-state index contributed by atoms with van der Waals surface area (Å²) in [5.41, 5.74) is 3.31. The van der Waals surface area contributed by atoms with E-state index >= 15 is 0 Å². The molecule has 0 fully saturated rings. The van der Waals surface area contributed by atoms with Gasteiger partial charge in [-0.25, -0.2) is 4.39 Å². The minimum absolute atomic E-state index is 0.278. The van der Waals surface area contributed by atoms with Crippen molar-refractivity contribution >= 4 is 5.69 Å². The first-order chi connectivity index (χ1) is 9.74. The van der Waals surface area contributed by atoms with Gasteiger partial charge in [-0.1, -0.05) is 37.6 Å². The molecule has 0 heterocycles. The summed E-state index contributed by atoms with van der Waals surface area (Å²) >= 11 is 0. The molecule has 1 N–H and O–H groups in total. The quantitative estimate of drug-likeness (QED) is 0.842. The third-order valence-electron chi connectivity index (χ3n) is 3.24. The molecule has 0 aliphatic rings. The van der Waals surface area contributed by atoms with Gasteiger partial charge in [-0.15, -0.1) is 0 Å². The topological polar surface area (TPSA) is 21.3 Å². The Kier molecular flexibility index (Phi) is 4.99. The van der Waals surface area contributed by atoms with Crippen molar-refractivity contribution in [3.8, 4) is 5.75 Å². The lowest BCUT2D eigenvalue weighted by atomic mass is 10.1. The number of para-hydroxylation sites is 1. The van der Waals surface area contributed by atoms with Crippen molar-refractivity contribution in [3.63, 3.8) is 0 Å². The third-order valence-corrected chi connectivity index (χ3v) is 3.24. The fourth-order valence-corrected chi connectivity index (χ4v) is 2.20. The van der Waals surface area contributed by atoms with Crippen LogP contribution in [0.4, 0.5) is 10.1 Å². The number of rotatable bonds is 6. The highest BCUT2D eigenvalue weighted by atomic mass is 19.1. The van der Waals surface area contributed by atoms with Gasteiger partial charge in [-0.3, -0.25) is 0 Å². The maximum atomic E-state index is 13.6. The van der Waals surface area contributed by atoms with Crippen LogP contribution in [-0.2, 0) is 13.0 Å². The number of benzene rings is 2. The molecule has 106 valence electrons.